The number of nitrogens with zero attached hydrogens (tertiary/aromatic N) is 1. The molecule has 1 fully saturated rings. The molecule has 1 N–H and O–H groups in total. The maximum atomic E-state index is 12.3. The summed E-state index contributed by atoms with van der Waals surface area (Å²) >= 11 is 1.32. The minimum absolute atomic E-state index is 0.158. The summed E-state index contributed by atoms with van der Waals surface area (Å²) in [5.74, 6) is 1.11. The molecule has 6 heteroatoms. The molecule has 5 nitrogen and oxygen atoms in total. The lowest BCUT2D eigenvalue weighted by molar-refractivity contribution is -0.115. The third-order valence-electron chi connectivity index (χ3n) is 4.15. The number of nitrogens with one attached hydrogen (secondary N) is 1. The van der Waals surface area contributed by atoms with Gasteiger partial charge in [0.25, 0.3) is 5.91 Å². The molecule has 1 amide bonds. The molecule has 0 unspecified atom stereocenters. The highest BCUT2D eigenvalue weighted by Gasteiger charge is 2.24. The topological polar surface area (TPSA) is 59.9 Å². The summed E-state index contributed by atoms with van der Waals surface area (Å²) < 4.78 is 10.5. The van der Waals surface area contributed by atoms with E-state index in [4.69, 9.17) is 9.47 Å². The molecular formula is C20H20N2O3S. The first-order chi connectivity index (χ1) is 12.5. The third kappa shape index (κ3) is 3.75. The van der Waals surface area contributed by atoms with Crippen LogP contribution in [0.4, 0.5) is 5.69 Å². The first-order valence-corrected chi connectivity index (χ1v) is 8.91. The quantitative estimate of drug-likeness (QED) is 0.821. The Labute approximate surface area is 157 Å². The van der Waals surface area contributed by atoms with E-state index in [2.05, 4.69) is 10.3 Å². The van der Waals surface area contributed by atoms with E-state index in [9.17, 15) is 4.79 Å². The molecule has 1 saturated heterocycles. The lowest BCUT2D eigenvalue weighted by Crippen LogP contribution is -2.19. The number of amides is 1. The van der Waals surface area contributed by atoms with Crippen molar-refractivity contribution in [3.63, 3.8) is 0 Å². The van der Waals surface area contributed by atoms with E-state index in [0.29, 0.717) is 21.6 Å². The highest BCUT2D eigenvalue weighted by molar-refractivity contribution is 8.18. The van der Waals surface area contributed by atoms with Crippen LogP contribution in [-0.2, 0) is 4.79 Å². The van der Waals surface area contributed by atoms with Crippen LogP contribution in [-0.4, -0.2) is 25.3 Å². The zero-order valence-electron chi connectivity index (χ0n) is 15.1. The zero-order valence-corrected chi connectivity index (χ0v) is 15.9. The molecule has 0 spiro atoms. The van der Waals surface area contributed by atoms with Gasteiger partial charge >= 0.3 is 0 Å². The molecule has 1 aliphatic heterocycles. The van der Waals surface area contributed by atoms with Crippen LogP contribution in [0.5, 0.6) is 11.5 Å². The van der Waals surface area contributed by atoms with Gasteiger partial charge in [0.05, 0.1) is 24.8 Å². The molecular weight excluding hydrogens is 348 g/mol. The molecule has 134 valence electrons. The van der Waals surface area contributed by atoms with E-state index in [1.54, 1.807) is 14.2 Å². The number of amidine groups is 1. The average molecular weight is 368 g/mol. The number of aliphatic imine (C=N–C) groups is 1. The summed E-state index contributed by atoms with van der Waals surface area (Å²) in [4.78, 5) is 17.4. The van der Waals surface area contributed by atoms with Crippen molar-refractivity contribution in [1.29, 1.82) is 0 Å². The molecule has 0 aliphatic carbocycles. The zero-order chi connectivity index (χ0) is 18.7. The summed E-state index contributed by atoms with van der Waals surface area (Å²) in [6, 6.07) is 11.5. The largest absolute Gasteiger partial charge is 0.493 e. The second-order valence-corrected chi connectivity index (χ2v) is 6.85. The standard InChI is InChI=1S/C20H20N2O3S/c1-12-6-5-7-15(13(12)2)21-20-22-19(23)18(26-20)11-14-8-9-16(24-3)17(10-14)25-4/h5-11H,1-4H3,(H,21,22,23)/b18-11-. The lowest BCUT2D eigenvalue weighted by atomic mass is 10.1. The number of methoxy groups -OCH3 is 2. The molecule has 0 saturated carbocycles. The van der Waals surface area contributed by atoms with Crippen molar-refractivity contribution >= 4 is 34.6 Å². The van der Waals surface area contributed by atoms with Crippen molar-refractivity contribution in [2.45, 2.75) is 13.8 Å². The van der Waals surface area contributed by atoms with Crippen molar-refractivity contribution in [3.05, 3.63) is 58.0 Å². The van der Waals surface area contributed by atoms with Gasteiger partial charge in [-0.1, -0.05) is 18.2 Å². The van der Waals surface area contributed by atoms with Crippen LogP contribution >= 0.6 is 11.8 Å². The van der Waals surface area contributed by atoms with Gasteiger partial charge in [-0.05, 0) is 66.6 Å². The molecule has 1 aliphatic rings. The third-order valence-corrected chi connectivity index (χ3v) is 5.06. The Bertz CT molecular complexity index is 919. The van der Waals surface area contributed by atoms with Crippen LogP contribution < -0.4 is 14.8 Å². The lowest BCUT2D eigenvalue weighted by Gasteiger charge is -2.07. The van der Waals surface area contributed by atoms with Gasteiger partial charge in [0.2, 0.25) is 0 Å². The number of ether oxygens (including phenoxy) is 2. The van der Waals surface area contributed by atoms with Crippen molar-refractivity contribution in [3.8, 4) is 11.5 Å². The Morgan fingerprint density at radius 1 is 1.08 bits per heavy atom. The minimum atomic E-state index is -0.158. The molecule has 26 heavy (non-hydrogen) atoms. The summed E-state index contributed by atoms with van der Waals surface area (Å²) in [5.41, 5.74) is 3.99. The fourth-order valence-corrected chi connectivity index (χ4v) is 3.38. The number of aryl methyl sites for hydroxylation is 1. The number of carbonyl (C=O) groups is 1. The number of rotatable bonds is 4. The highest BCUT2D eigenvalue weighted by atomic mass is 32.2. The second-order valence-electron chi connectivity index (χ2n) is 5.82. The summed E-state index contributed by atoms with van der Waals surface area (Å²) in [6.45, 7) is 4.07. The summed E-state index contributed by atoms with van der Waals surface area (Å²) in [6.07, 6.45) is 1.81. The first kappa shape index (κ1) is 18.1. The predicted octanol–water partition coefficient (Wildman–Crippen LogP) is 4.21. The van der Waals surface area contributed by atoms with Gasteiger partial charge in [0.15, 0.2) is 16.7 Å². The van der Waals surface area contributed by atoms with Gasteiger partial charge in [-0.3, -0.25) is 4.79 Å². The van der Waals surface area contributed by atoms with Gasteiger partial charge in [0.1, 0.15) is 0 Å². The van der Waals surface area contributed by atoms with Crippen molar-refractivity contribution in [1.82, 2.24) is 5.32 Å². The SMILES string of the molecule is COc1ccc(/C=C2\SC(=Nc3cccc(C)c3C)NC2=O)cc1OC. The smallest absolute Gasteiger partial charge is 0.264 e. The van der Waals surface area contributed by atoms with Gasteiger partial charge in [-0.25, -0.2) is 4.99 Å². The minimum Gasteiger partial charge on any atom is -0.493 e. The number of carbonyl (C=O) groups excluding carboxylic acids is 1. The maximum Gasteiger partial charge on any atom is 0.264 e. The van der Waals surface area contributed by atoms with Crippen LogP contribution in [0, 0.1) is 13.8 Å². The Hall–Kier alpha value is -2.73. The maximum absolute atomic E-state index is 12.3. The number of hydrogen-bond donors (Lipinski definition) is 1. The molecule has 3 rings (SSSR count). The Morgan fingerprint density at radius 3 is 2.58 bits per heavy atom. The van der Waals surface area contributed by atoms with Crippen molar-refractivity contribution in [2.24, 2.45) is 4.99 Å². The van der Waals surface area contributed by atoms with E-state index in [1.165, 1.54) is 17.3 Å². The average Bonchev–Trinajstić information content (AvgIpc) is 2.98. The summed E-state index contributed by atoms with van der Waals surface area (Å²) in [7, 11) is 3.17. The summed E-state index contributed by atoms with van der Waals surface area (Å²) in [5, 5.41) is 3.40. The van der Waals surface area contributed by atoms with E-state index < -0.39 is 0 Å². The molecule has 0 atom stereocenters. The number of benzene rings is 2. The Kier molecular flexibility index (Phi) is 5.32. The van der Waals surface area contributed by atoms with Crippen LogP contribution in [0.2, 0.25) is 0 Å². The van der Waals surface area contributed by atoms with Gasteiger partial charge in [0, 0.05) is 0 Å². The first-order valence-electron chi connectivity index (χ1n) is 8.09. The second kappa shape index (κ2) is 7.66. The van der Waals surface area contributed by atoms with E-state index in [1.807, 2.05) is 56.3 Å². The molecule has 2 aromatic carbocycles. The van der Waals surface area contributed by atoms with Crippen LogP contribution in [0.3, 0.4) is 0 Å². The number of hydrogen-bond acceptors (Lipinski definition) is 5. The molecule has 0 radical (unpaired) electrons. The monoisotopic (exact) mass is 368 g/mol. The molecule has 2 aromatic rings. The van der Waals surface area contributed by atoms with Gasteiger partial charge in [-0.2, -0.15) is 0 Å². The Morgan fingerprint density at radius 2 is 1.85 bits per heavy atom. The molecule has 0 bridgehead atoms. The van der Waals surface area contributed by atoms with E-state index in [0.717, 1.165) is 16.8 Å². The van der Waals surface area contributed by atoms with E-state index >= 15 is 0 Å². The fraction of sp³-hybridized carbons (Fsp3) is 0.200. The van der Waals surface area contributed by atoms with Crippen LogP contribution in [0.15, 0.2) is 46.3 Å². The van der Waals surface area contributed by atoms with Crippen molar-refractivity contribution < 1.29 is 14.3 Å². The number of thioether (sulfide) groups is 1. The highest BCUT2D eigenvalue weighted by Crippen LogP contribution is 2.32. The van der Waals surface area contributed by atoms with E-state index in [-0.39, 0.29) is 5.91 Å². The van der Waals surface area contributed by atoms with Crippen LogP contribution in [0.1, 0.15) is 16.7 Å². The van der Waals surface area contributed by atoms with Crippen LogP contribution in [0.25, 0.3) is 6.08 Å². The predicted molar refractivity (Wildman–Crippen MR) is 106 cm³/mol. The van der Waals surface area contributed by atoms with Gasteiger partial charge < -0.3 is 14.8 Å². The van der Waals surface area contributed by atoms with Crippen molar-refractivity contribution in [2.75, 3.05) is 14.2 Å². The normalized spacial score (nSPS) is 16.8. The molecule has 1 heterocycles. The van der Waals surface area contributed by atoms with Gasteiger partial charge in [-0.15, -0.1) is 0 Å². The Balaban J connectivity index is 1.87. The molecule has 0 aromatic heterocycles. The fourth-order valence-electron chi connectivity index (χ4n) is 2.54.